The molecule has 1 rings (SSSR count). The number of piperazine rings is 1. The lowest BCUT2D eigenvalue weighted by Crippen LogP contribution is -2.52. The van der Waals surface area contributed by atoms with Gasteiger partial charge in [-0.3, -0.25) is 9.59 Å². The Morgan fingerprint density at radius 3 is 1.84 bits per heavy atom. The topological polar surface area (TPSA) is 52.7 Å². The largest absolute Gasteiger partial charge is 0.339 e. The van der Waals surface area contributed by atoms with Crippen molar-refractivity contribution in [3.05, 3.63) is 0 Å². The highest BCUT2D eigenvalue weighted by Crippen LogP contribution is 2.08. The zero-order chi connectivity index (χ0) is 14.4. The van der Waals surface area contributed by atoms with E-state index in [2.05, 4.69) is 19.2 Å². The summed E-state index contributed by atoms with van der Waals surface area (Å²) in [6.45, 7) is 11.2. The first-order chi connectivity index (χ1) is 8.90. The molecular weight excluding hydrogens is 242 g/mol. The van der Waals surface area contributed by atoms with Crippen molar-refractivity contribution in [1.29, 1.82) is 0 Å². The van der Waals surface area contributed by atoms with Gasteiger partial charge in [-0.05, 0) is 5.92 Å². The standard InChI is InChI=1S/C14H27N3O2/c1-11(2)9-13(18)16-5-7-17(8-6-16)14(19)10-15-12(3)4/h11-12,15H,5-10H2,1-4H3. The number of nitrogens with zero attached hydrogens (tertiary/aromatic N) is 2. The average Bonchev–Trinajstić information content (AvgIpc) is 2.35. The molecule has 0 spiro atoms. The summed E-state index contributed by atoms with van der Waals surface area (Å²) in [6.07, 6.45) is 0.600. The third kappa shape index (κ3) is 5.59. The maximum Gasteiger partial charge on any atom is 0.236 e. The molecule has 5 heteroatoms. The quantitative estimate of drug-likeness (QED) is 0.799. The molecule has 1 aliphatic heterocycles. The van der Waals surface area contributed by atoms with Gasteiger partial charge in [0.2, 0.25) is 11.8 Å². The van der Waals surface area contributed by atoms with E-state index in [9.17, 15) is 9.59 Å². The second kappa shape index (κ2) is 7.48. The fraction of sp³-hybridized carbons (Fsp3) is 0.857. The Kier molecular flexibility index (Phi) is 6.28. The Bertz CT molecular complexity index is 308. The van der Waals surface area contributed by atoms with Crippen molar-refractivity contribution in [2.24, 2.45) is 5.92 Å². The van der Waals surface area contributed by atoms with Crippen molar-refractivity contribution in [3.63, 3.8) is 0 Å². The summed E-state index contributed by atoms with van der Waals surface area (Å²) in [6, 6.07) is 0.317. The molecule has 1 N–H and O–H groups in total. The Morgan fingerprint density at radius 2 is 1.42 bits per heavy atom. The summed E-state index contributed by atoms with van der Waals surface area (Å²) >= 11 is 0. The van der Waals surface area contributed by atoms with Gasteiger partial charge in [-0.15, -0.1) is 0 Å². The fourth-order valence-corrected chi connectivity index (χ4v) is 2.09. The summed E-state index contributed by atoms with van der Waals surface area (Å²) in [5.41, 5.74) is 0. The van der Waals surface area contributed by atoms with Gasteiger partial charge in [-0.2, -0.15) is 0 Å². The first-order valence-electron chi connectivity index (χ1n) is 7.19. The minimum absolute atomic E-state index is 0.129. The lowest BCUT2D eigenvalue weighted by atomic mass is 10.1. The zero-order valence-electron chi connectivity index (χ0n) is 12.6. The highest BCUT2D eigenvalue weighted by Gasteiger charge is 2.24. The van der Waals surface area contributed by atoms with Crippen molar-refractivity contribution in [3.8, 4) is 0 Å². The number of amides is 2. The van der Waals surface area contributed by atoms with Crippen LogP contribution < -0.4 is 5.32 Å². The second-order valence-electron chi connectivity index (χ2n) is 5.90. The normalized spacial score (nSPS) is 16.3. The molecule has 0 aromatic rings. The summed E-state index contributed by atoms with van der Waals surface area (Å²) < 4.78 is 0. The molecule has 5 nitrogen and oxygen atoms in total. The van der Waals surface area contributed by atoms with Crippen molar-refractivity contribution in [2.45, 2.75) is 40.2 Å². The van der Waals surface area contributed by atoms with Crippen LogP contribution in [-0.4, -0.2) is 60.4 Å². The Hall–Kier alpha value is -1.10. The Balaban J connectivity index is 2.32. The minimum Gasteiger partial charge on any atom is -0.339 e. The minimum atomic E-state index is 0.129. The molecule has 19 heavy (non-hydrogen) atoms. The molecular formula is C14H27N3O2. The van der Waals surface area contributed by atoms with Crippen LogP contribution in [0.15, 0.2) is 0 Å². The highest BCUT2D eigenvalue weighted by molar-refractivity contribution is 5.79. The van der Waals surface area contributed by atoms with E-state index in [0.717, 1.165) is 0 Å². The molecule has 1 saturated heterocycles. The van der Waals surface area contributed by atoms with Crippen molar-refractivity contribution < 1.29 is 9.59 Å². The third-order valence-electron chi connectivity index (χ3n) is 3.23. The van der Waals surface area contributed by atoms with Crippen molar-refractivity contribution >= 4 is 11.8 Å². The van der Waals surface area contributed by atoms with Gasteiger partial charge in [0.25, 0.3) is 0 Å². The van der Waals surface area contributed by atoms with Crippen LogP contribution in [0.2, 0.25) is 0 Å². The molecule has 1 aliphatic rings. The van der Waals surface area contributed by atoms with Crippen LogP contribution >= 0.6 is 0 Å². The van der Waals surface area contributed by atoms with E-state index in [4.69, 9.17) is 0 Å². The Labute approximate surface area is 116 Å². The van der Waals surface area contributed by atoms with Gasteiger partial charge < -0.3 is 15.1 Å². The third-order valence-corrected chi connectivity index (χ3v) is 3.23. The van der Waals surface area contributed by atoms with Gasteiger partial charge in [0.15, 0.2) is 0 Å². The number of hydrogen-bond donors (Lipinski definition) is 1. The first kappa shape index (κ1) is 16.0. The molecule has 2 amide bonds. The maximum absolute atomic E-state index is 11.9. The lowest BCUT2D eigenvalue weighted by molar-refractivity contribution is -0.139. The molecule has 1 fully saturated rings. The SMILES string of the molecule is CC(C)CC(=O)N1CCN(C(=O)CNC(C)C)CC1. The molecule has 0 atom stereocenters. The van der Waals surface area contributed by atoms with Crippen LogP contribution in [0, 0.1) is 5.92 Å². The summed E-state index contributed by atoms with van der Waals surface area (Å²) in [7, 11) is 0. The lowest BCUT2D eigenvalue weighted by Gasteiger charge is -2.35. The molecule has 0 radical (unpaired) electrons. The van der Waals surface area contributed by atoms with Crippen LogP contribution in [-0.2, 0) is 9.59 Å². The monoisotopic (exact) mass is 269 g/mol. The van der Waals surface area contributed by atoms with E-state index in [1.54, 1.807) is 0 Å². The number of carbonyl (C=O) groups is 2. The van der Waals surface area contributed by atoms with Gasteiger partial charge in [0.05, 0.1) is 6.54 Å². The van der Waals surface area contributed by atoms with E-state index in [1.807, 2.05) is 23.6 Å². The second-order valence-corrected chi connectivity index (χ2v) is 5.90. The van der Waals surface area contributed by atoms with E-state index >= 15 is 0 Å². The van der Waals surface area contributed by atoms with E-state index in [-0.39, 0.29) is 11.8 Å². The van der Waals surface area contributed by atoms with Crippen molar-refractivity contribution in [2.75, 3.05) is 32.7 Å². The zero-order valence-corrected chi connectivity index (χ0v) is 12.6. The molecule has 1 heterocycles. The summed E-state index contributed by atoms with van der Waals surface area (Å²) in [5, 5.41) is 3.13. The fourth-order valence-electron chi connectivity index (χ4n) is 2.09. The average molecular weight is 269 g/mol. The Morgan fingerprint density at radius 1 is 0.947 bits per heavy atom. The predicted octanol–water partition coefficient (Wildman–Crippen LogP) is 0.701. The number of nitrogens with one attached hydrogen (secondary N) is 1. The van der Waals surface area contributed by atoms with Gasteiger partial charge in [-0.1, -0.05) is 27.7 Å². The number of hydrogen-bond acceptors (Lipinski definition) is 3. The molecule has 0 unspecified atom stereocenters. The van der Waals surface area contributed by atoms with E-state index in [0.29, 0.717) is 51.1 Å². The first-order valence-corrected chi connectivity index (χ1v) is 7.19. The van der Waals surface area contributed by atoms with Gasteiger partial charge in [0, 0.05) is 38.6 Å². The van der Waals surface area contributed by atoms with Gasteiger partial charge in [0.1, 0.15) is 0 Å². The summed E-state index contributed by atoms with van der Waals surface area (Å²) in [4.78, 5) is 27.5. The summed E-state index contributed by atoms with van der Waals surface area (Å²) in [5.74, 6) is 0.731. The van der Waals surface area contributed by atoms with E-state index < -0.39 is 0 Å². The molecule has 0 aromatic carbocycles. The smallest absolute Gasteiger partial charge is 0.236 e. The molecule has 110 valence electrons. The molecule has 0 aliphatic carbocycles. The van der Waals surface area contributed by atoms with Gasteiger partial charge in [-0.25, -0.2) is 0 Å². The molecule has 0 aromatic heterocycles. The van der Waals surface area contributed by atoms with Crippen LogP contribution in [0.3, 0.4) is 0 Å². The van der Waals surface area contributed by atoms with Crippen LogP contribution in [0.4, 0.5) is 0 Å². The van der Waals surface area contributed by atoms with Crippen LogP contribution in [0.5, 0.6) is 0 Å². The molecule has 0 bridgehead atoms. The maximum atomic E-state index is 11.9. The predicted molar refractivity (Wildman–Crippen MR) is 75.8 cm³/mol. The van der Waals surface area contributed by atoms with Gasteiger partial charge >= 0.3 is 0 Å². The number of rotatable bonds is 5. The van der Waals surface area contributed by atoms with E-state index in [1.165, 1.54) is 0 Å². The number of carbonyl (C=O) groups excluding carboxylic acids is 2. The van der Waals surface area contributed by atoms with Crippen molar-refractivity contribution in [1.82, 2.24) is 15.1 Å². The van der Waals surface area contributed by atoms with Crippen LogP contribution in [0.1, 0.15) is 34.1 Å². The highest BCUT2D eigenvalue weighted by atomic mass is 16.2. The van der Waals surface area contributed by atoms with Crippen LogP contribution in [0.25, 0.3) is 0 Å². The molecule has 0 saturated carbocycles.